The Morgan fingerprint density at radius 1 is 1.13 bits per heavy atom. The minimum atomic E-state index is -0.130. The molecule has 0 unspecified atom stereocenters. The van der Waals surface area contributed by atoms with Crippen molar-refractivity contribution in [3.05, 3.63) is 35.6 Å². The zero-order chi connectivity index (χ0) is 10.9. The van der Waals surface area contributed by atoms with Crippen LogP contribution >= 0.6 is 0 Å². The van der Waals surface area contributed by atoms with Gasteiger partial charge in [-0.25, -0.2) is 4.39 Å². The highest BCUT2D eigenvalue weighted by Gasteiger charge is 1.99. The van der Waals surface area contributed by atoms with E-state index in [1.54, 1.807) is 6.07 Å². The molecule has 84 valence electrons. The fourth-order valence-corrected chi connectivity index (χ4v) is 1.44. The second-order valence-corrected chi connectivity index (χ2v) is 3.66. The molecule has 0 aromatic heterocycles. The summed E-state index contributed by atoms with van der Waals surface area (Å²) in [4.78, 5) is 0. The summed E-state index contributed by atoms with van der Waals surface area (Å²) in [7, 11) is 0. The Kier molecular flexibility index (Phi) is 6.02. The van der Waals surface area contributed by atoms with Crippen LogP contribution in [0.3, 0.4) is 0 Å². The van der Waals surface area contributed by atoms with Gasteiger partial charge in [0.1, 0.15) is 5.82 Å². The lowest BCUT2D eigenvalue weighted by Gasteiger charge is -2.04. The van der Waals surface area contributed by atoms with Gasteiger partial charge in [0.25, 0.3) is 0 Å². The summed E-state index contributed by atoms with van der Waals surface area (Å²) in [6.45, 7) is 3.58. The number of hydrogen-bond acceptors (Lipinski definition) is 1. The number of ether oxygens (including phenoxy) is 1. The van der Waals surface area contributed by atoms with Crippen molar-refractivity contribution < 1.29 is 9.13 Å². The Labute approximate surface area is 91.3 Å². The lowest BCUT2D eigenvalue weighted by molar-refractivity contribution is 0.132. The second-order valence-electron chi connectivity index (χ2n) is 3.66. The molecule has 1 rings (SSSR count). The van der Waals surface area contributed by atoms with Crippen molar-refractivity contribution in [1.29, 1.82) is 0 Å². The van der Waals surface area contributed by atoms with Crippen molar-refractivity contribution in [3.8, 4) is 0 Å². The zero-order valence-corrected chi connectivity index (χ0v) is 9.34. The molecule has 0 aliphatic rings. The van der Waals surface area contributed by atoms with Crippen LogP contribution in [0.25, 0.3) is 0 Å². The molecule has 0 spiro atoms. The van der Waals surface area contributed by atoms with E-state index in [9.17, 15) is 4.39 Å². The number of benzene rings is 1. The first-order valence-electron chi connectivity index (χ1n) is 5.65. The first kappa shape index (κ1) is 12.2. The van der Waals surface area contributed by atoms with Crippen LogP contribution in [0.1, 0.15) is 31.7 Å². The van der Waals surface area contributed by atoms with Gasteiger partial charge in [-0.15, -0.1) is 0 Å². The summed E-state index contributed by atoms with van der Waals surface area (Å²) in [5, 5.41) is 0. The highest BCUT2D eigenvalue weighted by molar-refractivity contribution is 5.17. The van der Waals surface area contributed by atoms with E-state index in [4.69, 9.17) is 4.74 Å². The van der Waals surface area contributed by atoms with E-state index in [0.717, 1.165) is 18.6 Å². The van der Waals surface area contributed by atoms with Gasteiger partial charge in [-0.05, 0) is 24.5 Å². The maximum atomic E-state index is 13.2. The van der Waals surface area contributed by atoms with Crippen LogP contribution in [-0.2, 0) is 11.2 Å². The predicted molar refractivity (Wildman–Crippen MR) is 60.4 cm³/mol. The fraction of sp³-hybridized carbons (Fsp3) is 0.538. The largest absolute Gasteiger partial charge is 0.381 e. The summed E-state index contributed by atoms with van der Waals surface area (Å²) in [6, 6.07) is 6.87. The molecule has 0 N–H and O–H groups in total. The van der Waals surface area contributed by atoms with Crippen molar-refractivity contribution in [2.45, 2.75) is 32.6 Å². The Morgan fingerprint density at radius 2 is 1.93 bits per heavy atom. The molecule has 0 atom stereocenters. The van der Waals surface area contributed by atoms with Gasteiger partial charge in [0.2, 0.25) is 0 Å². The average molecular weight is 210 g/mol. The molecular formula is C13H19FO. The van der Waals surface area contributed by atoms with Gasteiger partial charge in [-0.1, -0.05) is 38.0 Å². The SMILES string of the molecule is CCCCCOCCc1ccccc1F. The summed E-state index contributed by atoms with van der Waals surface area (Å²) in [5.74, 6) is -0.130. The van der Waals surface area contributed by atoms with E-state index in [-0.39, 0.29) is 5.82 Å². The molecule has 0 heterocycles. The molecule has 0 bridgehead atoms. The third-order valence-electron chi connectivity index (χ3n) is 2.37. The zero-order valence-electron chi connectivity index (χ0n) is 9.34. The summed E-state index contributed by atoms with van der Waals surface area (Å²) in [5.41, 5.74) is 0.744. The molecule has 0 radical (unpaired) electrons. The van der Waals surface area contributed by atoms with Crippen molar-refractivity contribution in [2.24, 2.45) is 0 Å². The van der Waals surface area contributed by atoms with Crippen molar-refractivity contribution in [2.75, 3.05) is 13.2 Å². The Balaban J connectivity index is 2.12. The number of halogens is 1. The molecular weight excluding hydrogens is 191 g/mol. The highest BCUT2D eigenvalue weighted by Crippen LogP contribution is 2.07. The molecule has 1 aromatic carbocycles. The smallest absolute Gasteiger partial charge is 0.126 e. The van der Waals surface area contributed by atoms with Crippen molar-refractivity contribution in [3.63, 3.8) is 0 Å². The van der Waals surface area contributed by atoms with Crippen molar-refractivity contribution >= 4 is 0 Å². The molecule has 1 aromatic rings. The highest BCUT2D eigenvalue weighted by atomic mass is 19.1. The minimum absolute atomic E-state index is 0.130. The normalized spacial score (nSPS) is 10.5. The number of rotatable bonds is 7. The van der Waals surface area contributed by atoms with Crippen LogP contribution in [0.15, 0.2) is 24.3 Å². The van der Waals surface area contributed by atoms with E-state index in [2.05, 4.69) is 6.92 Å². The van der Waals surface area contributed by atoms with Gasteiger partial charge in [0.05, 0.1) is 6.61 Å². The lowest BCUT2D eigenvalue weighted by atomic mass is 10.1. The molecule has 0 amide bonds. The van der Waals surface area contributed by atoms with Gasteiger partial charge in [-0.2, -0.15) is 0 Å². The van der Waals surface area contributed by atoms with Gasteiger partial charge in [-0.3, -0.25) is 0 Å². The molecule has 0 saturated carbocycles. The maximum Gasteiger partial charge on any atom is 0.126 e. The first-order chi connectivity index (χ1) is 7.34. The Morgan fingerprint density at radius 3 is 2.67 bits per heavy atom. The van der Waals surface area contributed by atoms with Crippen LogP contribution < -0.4 is 0 Å². The number of unbranched alkanes of at least 4 members (excludes halogenated alkanes) is 2. The summed E-state index contributed by atoms with van der Waals surface area (Å²) < 4.78 is 18.6. The third-order valence-corrected chi connectivity index (χ3v) is 2.37. The minimum Gasteiger partial charge on any atom is -0.381 e. The van der Waals surface area contributed by atoms with Gasteiger partial charge in [0.15, 0.2) is 0 Å². The quantitative estimate of drug-likeness (QED) is 0.625. The maximum absolute atomic E-state index is 13.2. The Bertz CT molecular complexity index is 273. The Hall–Kier alpha value is -0.890. The average Bonchev–Trinajstić information content (AvgIpc) is 2.25. The first-order valence-corrected chi connectivity index (χ1v) is 5.65. The monoisotopic (exact) mass is 210 g/mol. The molecule has 0 aliphatic heterocycles. The molecule has 0 fully saturated rings. The predicted octanol–water partition coefficient (Wildman–Crippen LogP) is 3.58. The van der Waals surface area contributed by atoms with E-state index in [0.29, 0.717) is 13.0 Å². The fourth-order valence-electron chi connectivity index (χ4n) is 1.44. The molecule has 15 heavy (non-hydrogen) atoms. The van der Waals surface area contributed by atoms with Gasteiger partial charge in [0, 0.05) is 6.61 Å². The van der Waals surface area contributed by atoms with E-state index in [1.807, 2.05) is 12.1 Å². The van der Waals surface area contributed by atoms with Crippen LogP contribution in [0, 0.1) is 5.82 Å². The molecule has 0 saturated heterocycles. The van der Waals surface area contributed by atoms with E-state index in [1.165, 1.54) is 18.9 Å². The molecule has 1 nitrogen and oxygen atoms in total. The van der Waals surface area contributed by atoms with E-state index >= 15 is 0 Å². The van der Waals surface area contributed by atoms with Crippen LogP contribution in [0.2, 0.25) is 0 Å². The van der Waals surface area contributed by atoms with Crippen LogP contribution in [-0.4, -0.2) is 13.2 Å². The van der Waals surface area contributed by atoms with E-state index < -0.39 is 0 Å². The molecule has 2 heteroatoms. The van der Waals surface area contributed by atoms with Gasteiger partial charge < -0.3 is 4.74 Å². The molecule has 0 aliphatic carbocycles. The van der Waals surface area contributed by atoms with Gasteiger partial charge >= 0.3 is 0 Å². The van der Waals surface area contributed by atoms with Crippen LogP contribution in [0.4, 0.5) is 4.39 Å². The topological polar surface area (TPSA) is 9.23 Å². The number of hydrogen-bond donors (Lipinski definition) is 0. The second kappa shape index (κ2) is 7.41. The summed E-state index contributed by atoms with van der Waals surface area (Å²) >= 11 is 0. The summed E-state index contributed by atoms with van der Waals surface area (Å²) in [6.07, 6.45) is 4.18. The van der Waals surface area contributed by atoms with Crippen molar-refractivity contribution in [1.82, 2.24) is 0 Å². The van der Waals surface area contributed by atoms with Crippen LogP contribution in [0.5, 0.6) is 0 Å². The standard InChI is InChI=1S/C13H19FO/c1-2-3-6-10-15-11-9-12-7-4-5-8-13(12)14/h4-5,7-8H,2-3,6,9-11H2,1H3. The lowest BCUT2D eigenvalue weighted by Crippen LogP contribution is -2.01. The third kappa shape index (κ3) is 4.93.